The van der Waals surface area contributed by atoms with Crippen molar-refractivity contribution in [2.45, 2.75) is 0 Å². The fourth-order valence-electron chi connectivity index (χ4n) is 1.81. The quantitative estimate of drug-likeness (QED) is 0.303. The first kappa shape index (κ1) is 12.3. The summed E-state index contributed by atoms with van der Waals surface area (Å²) in [6.45, 7) is 0. The third kappa shape index (κ3) is 1.76. The van der Waals surface area contributed by atoms with Crippen LogP contribution in [-0.2, 0) is 0 Å². The van der Waals surface area contributed by atoms with Gasteiger partial charge in [-0.3, -0.25) is 0 Å². The summed E-state index contributed by atoms with van der Waals surface area (Å²) in [5.74, 6) is -0.450. The van der Waals surface area contributed by atoms with Gasteiger partial charge in [0.2, 0.25) is 0 Å². The molecule has 0 aliphatic rings. The SMILES string of the molecule is Oc1ccc2cc3ccc(O)c(O)c3[o+]c2c1.[Cl-]. The molecule has 0 fully saturated rings. The van der Waals surface area contributed by atoms with Crippen molar-refractivity contribution >= 4 is 21.9 Å². The number of fused-ring (bicyclic) bond motifs is 2. The molecule has 0 aliphatic heterocycles. The number of phenolic OH excluding ortho intramolecular Hbond substituents is 3. The number of benzene rings is 2. The van der Waals surface area contributed by atoms with E-state index in [0.717, 1.165) is 5.39 Å². The van der Waals surface area contributed by atoms with Gasteiger partial charge in [-0.15, -0.1) is 0 Å². The van der Waals surface area contributed by atoms with Crippen LogP contribution in [0.2, 0.25) is 0 Å². The second kappa shape index (κ2) is 4.23. The average Bonchev–Trinajstić information content (AvgIpc) is 2.32. The maximum Gasteiger partial charge on any atom is 0.405 e. The van der Waals surface area contributed by atoms with Crippen LogP contribution in [0.1, 0.15) is 0 Å². The molecule has 0 unspecified atom stereocenters. The van der Waals surface area contributed by atoms with Crippen molar-refractivity contribution < 1.29 is 32.1 Å². The second-order valence-electron chi connectivity index (χ2n) is 3.82. The Hall–Kier alpha value is -2.20. The lowest BCUT2D eigenvalue weighted by atomic mass is 10.1. The van der Waals surface area contributed by atoms with Crippen LogP contribution in [0.25, 0.3) is 21.9 Å². The van der Waals surface area contributed by atoms with Gasteiger partial charge in [0.15, 0.2) is 5.75 Å². The number of hydrogen-bond donors (Lipinski definition) is 3. The maximum absolute atomic E-state index is 9.68. The lowest BCUT2D eigenvalue weighted by Gasteiger charge is -1.96. The molecule has 3 aromatic rings. The van der Waals surface area contributed by atoms with Gasteiger partial charge >= 0.3 is 11.2 Å². The lowest BCUT2D eigenvalue weighted by Crippen LogP contribution is -3.00. The van der Waals surface area contributed by atoms with E-state index >= 15 is 0 Å². The minimum absolute atomic E-state index is 0. The summed E-state index contributed by atoms with van der Waals surface area (Å²) in [5.41, 5.74) is 0.640. The smallest absolute Gasteiger partial charge is 0.405 e. The zero-order valence-corrected chi connectivity index (χ0v) is 9.85. The van der Waals surface area contributed by atoms with Crippen molar-refractivity contribution in [2.24, 2.45) is 0 Å². The third-order valence-corrected chi connectivity index (χ3v) is 2.66. The van der Waals surface area contributed by atoms with E-state index in [1.165, 1.54) is 12.1 Å². The first-order valence-electron chi connectivity index (χ1n) is 5.06. The Kier molecular flexibility index (Phi) is 2.88. The van der Waals surface area contributed by atoms with Crippen LogP contribution in [0.4, 0.5) is 0 Å². The van der Waals surface area contributed by atoms with Crippen LogP contribution >= 0.6 is 0 Å². The van der Waals surface area contributed by atoms with E-state index in [-0.39, 0.29) is 35.2 Å². The Bertz CT molecular complexity index is 740. The number of aromatic hydroxyl groups is 3. The predicted octanol–water partition coefficient (Wildman–Crippen LogP) is -0.0121. The lowest BCUT2D eigenvalue weighted by molar-refractivity contribution is -0.00000654. The van der Waals surface area contributed by atoms with Crippen molar-refractivity contribution in [3.05, 3.63) is 36.4 Å². The molecule has 3 rings (SSSR count). The number of phenols is 3. The summed E-state index contributed by atoms with van der Waals surface area (Å²) in [5, 5.41) is 29.9. The molecule has 3 N–H and O–H groups in total. The molecule has 1 aromatic heterocycles. The fraction of sp³-hybridized carbons (Fsp3) is 0. The molecule has 0 spiro atoms. The van der Waals surface area contributed by atoms with Gasteiger partial charge in [0.05, 0.1) is 16.8 Å². The van der Waals surface area contributed by atoms with E-state index < -0.39 is 0 Å². The van der Waals surface area contributed by atoms with Crippen LogP contribution in [-0.4, -0.2) is 15.3 Å². The van der Waals surface area contributed by atoms with Gasteiger partial charge in [-0.1, -0.05) is 0 Å². The van der Waals surface area contributed by atoms with E-state index in [1.54, 1.807) is 18.2 Å². The molecule has 0 saturated heterocycles. The number of rotatable bonds is 0. The highest BCUT2D eigenvalue weighted by molar-refractivity contribution is 5.94. The van der Waals surface area contributed by atoms with Gasteiger partial charge in [0, 0.05) is 0 Å². The minimum atomic E-state index is -0.298. The Morgan fingerprint density at radius 2 is 1.56 bits per heavy atom. The molecule has 1 heterocycles. The van der Waals surface area contributed by atoms with Crippen molar-refractivity contribution in [2.75, 3.05) is 0 Å². The molecule has 5 heteroatoms. The van der Waals surface area contributed by atoms with Crippen LogP contribution in [0.3, 0.4) is 0 Å². The van der Waals surface area contributed by atoms with Crippen LogP contribution in [0.5, 0.6) is 17.2 Å². The van der Waals surface area contributed by atoms with Crippen LogP contribution < -0.4 is 12.4 Å². The minimum Gasteiger partial charge on any atom is -1.00 e. The average molecular weight is 265 g/mol. The molecule has 0 amide bonds. The van der Waals surface area contributed by atoms with E-state index in [1.807, 2.05) is 6.07 Å². The predicted molar refractivity (Wildman–Crippen MR) is 63.1 cm³/mol. The molecule has 0 radical (unpaired) electrons. The van der Waals surface area contributed by atoms with Gasteiger partial charge in [-0.05, 0) is 30.3 Å². The summed E-state index contributed by atoms with van der Waals surface area (Å²) in [6.07, 6.45) is 0. The molecule has 4 nitrogen and oxygen atoms in total. The Labute approximate surface area is 108 Å². The molecule has 0 bridgehead atoms. The van der Waals surface area contributed by atoms with E-state index in [0.29, 0.717) is 11.0 Å². The molecule has 2 aromatic carbocycles. The van der Waals surface area contributed by atoms with Gasteiger partial charge in [-0.25, -0.2) is 4.42 Å². The van der Waals surface area contributed by atoms with E-state index in [4.69, 9.17) is 4.42 Å². The van der Waals surface area contributed by atoms with Crippen LogP contribution in [0, 0.1) is 0 Å². The number of hydrogen-bond acceptors (Lipinski definition) is 3. The molecule has 0 aliphatic carbocycles. The fourth-order valence-corrected chi connectivity index (χ4v) is 1.81. The van der Waals surface area contributed by atoms with E-state index in [2.05, 4.69) is 0 Å². The highest BCUT2D eigenvalue weighted by Gasteiger charge is 2.19. The highest BCUT2D eigenvalue weighted by atomic mass is 35.5. The van der Waals surface area contributed by atoms with Crippen molar-refractivity contribution in [3.8, 4) is 17.2 Å². The highest BCUT2D eigenvalue weighted by Crippen LogP contribution is 2.36. The number of halogens is 1. The first-order valence-corrected chi connectivity index (χ1v) is 5.06. The van der Waals surface area contributed by atoms with Gasteiger partial charge in [-0.2, -0.15) is 0 Å². The van der Waals surface area contributed by atoms with Crippen molar-refractivity contribution in [3.63, 3.8) is 0 Å². The summed E-state index contributed by atoms with van der Waals surface area (Å²) in [6, 6.07) is 9.60. The standard InChI is InChI=1S/C13H8O4.ClH/c14-9-3-1-7-5-8-2-4-10(15)12(16)13(8)17-11(7)6-9;/h1-6H,(H2-,14,15,16);1H. The topological polar surface area (TPSA) is 72.0 Å². The molecule has 0 saturated carbocycles. The second-order valence-corrected chi connectivity index (χ2v) is 3.82. The Morgan fingerprint density at radius 3 is 2.33 bits per heavy atom. The molecule has 18 heavy (non-hydrogen) atoms. The summed E-state index contributed by atoms with van der Waals surface area (Å²) in [7, 11) is 0. The molecular formula is C13H9ClO4. The summed E-state index contributed by atoms with van der Waals surface area (Å²) >= 11 is 0. The Balaban J connectivity index is 0.00000120. The Morgan fingerprint density at radius 1 is 0.833 bits per heavy atom. The zero-order chi connectivity index (χ0) is 12.0. The molecular weight excluding hydrogens is 256 g/mol. The van der Waals surface area contributed by atoms with E-state index in [9.17, 15) is 15.3 Å². The third-order valence-electron chi connectivity index (χ3n) is 2.66. The van der Waals surface area contributed by atoms with Gasteiger partial charge < -0.3 is 27.7 Å². The summed E-state index contributed by atoms with van der Waals surface area (Å²) in [4.78, 5) is 0. The van der Waals surface area contributed by atoms with Crippen molar-refractivity contribution in [1.82, 2.24) is 0 Å². The largest absolute Gasteiger partial charge is 1.00 e. The molecule has 92 valence electrons. The zero-order valence-electron chi connectivity index (χ0n) is 9.09. The summed E-state index contributed by atoms with van der Waals surface area (Å²) < 4.78 is 5.47. The molecule has 0 atom stereocenters. The maximum atomic E-state index is 9.68. The van der Waals surface area contributed by atoms with Gasteiger partial charge in [0.1, 0.15) is 5.75 Å². The monoisotopic (exact) mass is 264 g/mol. The van der Waals surface area contributed by atoms with Crippen LogP contribution in [0.15, 0.2) is 40.8 Å². The van der Waals surface area contributed by atoms with Crippen molar-refractivity contribution in [1.29, 1.82) is 0 Å². The van der Waals surface area contributed by atoms with Gasteiger partial charge in [0.25, 0.3) is 5.75 Å². The normalized spacial score (nSPS) is 10.4. The first-order chi connectivity index (χ1) is 8.15.